The summed E-state index contributed by atoms with van der Waals surface area (Å²) in [4.78, 5) is 13.9. The fourth-order valence-electron chi connectivity index (χ4n) is 2.60. The van der Waals surface area contributed by atoms with Gasteiger partial charge in [0.1, 0.15) is 6.54 Å². The standard InChI is InChI=1S/C15H19N5O/c1-9(2)20-15(14(16)10(3)18-20)19-8-13(21)17-11-6-4-5-7-12(11)19/h4-7,9H,8,16H2,1-3H3,(H,17,21). The van der Waals surface area contributed by atoms with Crippen molar-refractivity contribution in [2.45, 2.75) is 26.8 Å². The van der Waals surface area contributed by atoms with E-state index < -0.39 is 0 Å². The maximum Gasteiger partial charge on any atom is 0.244 e. The normalized spacial score (nSPS) is 14.3. The maximum absolute atomic E-state index is 12.0. The van der Waals surface area contributed by atoms with Gasteiger partial charge in [0.25, 0.3) is 0 Å². The van der Waals surface area contributed by atoms with Crippen LogP contribution in [-0.4, -0.2) is 22.2 Å². The highest BCUT2D eigenvalue weighted by Gasteiger charge is 2.28. The van der Waals surface area contributed by atoms with Crippen molar-refractivity contribution in [1.82, 2.24) is 9.78 Å². The summed E-state index contributed by atoms with van der Waals surface area (Å²) in [5.41, 5.74) is 9.35. The lowest BCUT2D eigenvalue weighted by molar-refractivity contribution is -0.115. The Morgan fingerprint density at radius 1 is 1.33 bits per heavy atom. The van der Waals surface area contributed by atoms with E-state index in [1.54, 1.807) is 0 Å². The quantitative estimate of drug-likeness (QED) is 0.888. The lowest BCUT2D eigenvalue weighted by Gasteiger charge is -2.32. The molecule has 0 atom stereocenters. The van der Waals surface area contributed by atoms with Gasteiger partial charge in [0.15, 0.2) is 5.82 Å². The van der Waals surface area contributed by atoms with Crippen LogP contribution in [0, 0.1) is 6.92 Å². The fraction of sp³-hybridized carbons (Fsp3) is 0.333. The molecule has 1 aliphatic heterocycles. The molecule has 0 bridgehead atoms. The van der Waals surface area contributed by atoms with Crippen molar-refractivity contribution in [1.29, 1.82) is 0 Å². The molecule has 1 aromatic heterocycles. The molecule has 1 aromatic carbocycles. The van der Waals surface area contributed by atoms with Gasteiger partial charge in [-0.15, -0.1) is 0 Å². The van der Waals surface area contributed by atoms with Crippen LogP contribution in [0.15, 0.2) is 24.3 Å². The van der Waals surface area contributed by atoms with Crippen LogP contribution < -0.4 is 16.0 Å². The Balaban J connectivity index is 2.19. The Morgan fingerprint density at radius 3 is 2.76 bits per heavy atom. The Bertz CT molecular complexity index is 704. The second-order valence-electron chi connectivity index (χ2n) is 5.51. The van der Waals surface area contributed by atoms with Crippen molar-refractivity contribution in [2.24, 2.45) is 0 Å². The molecule has 0 saturated heterocycles. The molecule has 21 heavy (non-hydrogen) atoms. The lowest BCUT2D eigenvalue weighted by Crippen LogP contribution is -2.36. The van der Waals surface area contributed by atoms with E-state index in [1.807, 2.05) is 54.6 Å². The number of hydrogen-bond donors (Lipinski definition) is 2. The van der Waals surface area contributed by atoms with Crippen LogP contribution in [-0.2, 0) is 4.79 Å². The first-order valence-electron chi connectivity index (χ1n) is 7.00. The highest BCUT2D eigenvalue weighted by Crippen LogP contribution is 2.39. The summed E-state index contributed by atoms with van der Waals surface area (Å²) in [5, 5.41) is 7.38. The van der Waals surface area contributed by atoms with Crippen LogP contribution in [0.5, 0.6) is 0 Å². The SMILES string of the molecule is Cc1nn(C(C)C)c(N2CC(=O)Nc3ccccc32)c1N. The first-order valence-corrected chi connectivity index (χ1v) is 7.00. The molecule has 0 fully saturated rings. The molecule has 0 unspecified atom stereocenters. The predicted molar refractivity (Wildman–Crippen MR) is 83.8 cm³/mol. The third-order valence-corrected chi connectivity index (χ3v) is 3.62. The summed E-state index contributed by atoms with van der Waals surface area (Å²) >= 11 is 0. The van der Waals surface area contributed by atoms with Crippen molar-refractivity contribution in [3.8, 4) is 0 Å². The van der Waals surface area contributed by atoms with E-state index >= 15 is 0 Å². The highest BCUT2D eigenvalue weighted by atomic mass is 16.2. The third-order valence-electron chi connectivity index (χ3n) is 3.62. The number of amides is 1. The zero-order valence-electron chi connectivity index (χ0n) is 12.4. The molecule has 2 aromatic rings. The van der Waals surface area contributed by atoms with Crippen LogP contribution in [0.1, 0.15) is 25.6 Å². The molecular formula is C15H19N5O. The van der Waals surface area contributed by atoms with Gasteiger partial charge in [-0.25, -0.2) is 4.68 Å². The highest BCUT2D eigenvalue weighted by molar-refractivity contribution is 6.03. The fourth-order valence-corrected chi connectivity index (χ4v) is 2.60. The third kappa shape index (κ3) is 2.12. The van der Waals surface area contributed by atoms with Gasteiger partial charge in [-0.1, -0.05) is 12.1 Å². The summed E-state index contributed by atoms with van der Waals surface area (Å²) < 4.78 is 1.88. The summed E-state index contributed by atoms with van der Waals surface area (Å²) in [6.45, 7) is 6.21. The van der Waals surface area contributed by atoms with Gasteiger partial charge in [-0.2, -0.15) is 5.10 Å². The van der Waals surface area contributed by atoms with E-state index in [2.05, 4.69) is 10.4 Å². The number of para-hydroxylation sites is 2. The monoisotopic (exact) mass is 285 g/mol. The van der Waals surface area contributed by atoms with Crippen LogP contribution in [0.3, 0.4) is 0 Å². The van der Waals surface area contributed by atoms with Gasteiger partial charge in [-0.3, -0.25) is 4.79 Å². The van der Waals surface area contributed by atoms with Gasteiger partial charge in [-0.05, 0) is 32.9 Å². The van der Waals surface area contributed by atoms with E-state index in [0.29, 0.717) is 5.69 Å². The Labute approximate surface area is 123 Å². The Morgan fingerprint density at radius 2 is 2.05 bits per heavy atom. The van der Waals surface area contributed by atoms with Gasteiger partial charge >= 0.3 is 0 Å². The molecule has 0 spiro atoms. The summed E-state index contributed by atoms with van der Waals surface area (Å²) in [6.07, 6.45) is 0. The number of nitrogen functional groups attached to an aromatic ring is 1. The lowest BCUT2D eigenvalue weighted by atomic mass is 10.2. The van der Waals surface area contributed by atoms with Crippen molar-refractivity contribution < 1.29 is 4.79 Å². The molecular weight excluding hydrogens is 266 g/mol. The number of nitrogens with zero attached hydrogens (tertiary/aromatic N) is 3. The number of aromatic nitrogens is 2. The molecule has 6 heteroatoms. The van der Waals surface area contributed by atoms with E-state index in [4.69, 9.17) is 5.73 Å². The van der Waals surface area contributed by atoms with Gasteiger partial charge in [0.05, 0.1) is 22.8 Å². The molecule has 0 aliphatic carbocycles. The number of nitrogens with two attached hydrogens (primary N) is 1. The Kier molecular flexibility index (Phi) is 3.08. The van der Waals surface area contributed by atoms with Crippen molar-refractivity contribution in [3.63, 3.8) is 0 Å². The molecule has 1 amide bonds. The average molecular weight is 285 g/mol. The van der Waals surface area contributed by atoms with Gasteiger partial charge < -0.3 is 16.0 Å². The molecule has 6 nitrogen and oxygen atoms in total. The van der Waals surface area contributed by atoms with Gasteiger partial charge in [0, 0.05) is 6.04 Å². The second kappa shape index (κ2) is 4.80. The summed E-state index contributed by atoms with van der Waals surface area (Å²) in [7, 11) is 0. The molecule has 2 heterocycles. The number of benzene rings is 1. The van der Waals surface area contributed by atoms with Crippen LogP contribution in [0.2, 0.25) is 0 Å². The minimum absolute atomic E-state index is 0.0535. The number of aryl methyl sites for hydroxylation is 1. The zero-order chi connectivity index (χ0) is 15.1. The molecule has 0 radical (unpaired) electrons. The van der Waals surface area contributed by atoms with Crippen LogP contribution in [0.25, 0.3) is 0 Å². The number of carbonyl (C=O) groups excluding carboxylic acids is 1. The minimum atomic E-state index is -0.0535. The van der Waals surface area contributed by atoms with Gasteiger partial charge in [0.2, 0.25) is 5.91 Å². The first kappa shape index (κ1) is 13.5. The smallest absolute Gasteiger partial charge is 0.244 e. The van der Waals surface area contributed by atoms with E-state index in [0.717, 1.165) is 22.9 Å². The molecule has 1 aliphatic rings. The van der Waals surface area contributed by atoms with Crippen LogP contribution in [0.4, 0.5) is 22.9 Å². The summed E-state index contributed by atoms with van der Waals surface area (Å²) in [6, 6.07) is 7.87. The molecule has 0 saturated carbocycles. The number of anilines is 4. The van der Waals surface area contributed by atoms with Crippen molar-refractivity contribution >= 4 is 28.8 Å². The summed E-state index contributed by atoms with van der Waals surface area (Å²) in [5.74, 6) is 0.729. The number of fused-ring (bicyclic) bond motifs is 1. The molecule has 3 N–H and O–H groups in total. The van der Waals surface area contributed by atoms with Crippen molar-refractivity contribution in [2.75, 3.05) is 22.5 Å². The number of rotatable bonds is 2. The number of carbonyl (C=O) groups is 1. The topological polar surface area (TPSA) is 76.2 Å². The second-order valence-corrected chi connectivity index (χ2v) is 5.51. The largest absolute Gasteiger partial charge is 0.394 e. The van der Waals surface area contributed by atoms with E-state index in [-0.39, 0.29) is 18.5 Å². The van der Waals surface area contributed by atoms with E-state index in [9.17, 15) is 4.79 Å². The first-order chi connectivity index (χ1) is 9.99. The number of hydrogen-bond acceptors (Lipinski definition) is 4. The van der Waals surface area contributed by atoms with Crippen molar-refractivity contribution in [3.05, 3.63) is 30.0 Å². The zero-order valence-corrected chi connectivity index (χ0v) is 12.4. The predicted octanol–water partition coefficient (Wildman–Crippen LogP) is 2.44. The maximum atomic E-state index is 12.0. The minimum Gasteiger partial charge on any atom is -0.394 e. The van der Waals surface area contributed by atoms with E-state index in [1.165, 1.54) is 0 Å². The molecule has 110 valence electrons. The number of nitrogens with one attached hydrogen (secondary N) is 1. The van der Waals surface area contributed by atoms with Crippen LogP contribution >= 0.6 is 0 Å². The Hall–Kier alpha value is -2.50. The molecule has 3 rings (SSSR count). The average Bonchev–Trinajstić information content (AvgIpc) is 2.74.